The highest BCUT2D eigenvalue weighted by Gasteiger charge is 2.14. The molecule has 2 amide bonds. The summed E-state index contributed by atoms with van der Waals surface area (Å²) in [5.41, 5.74) is 7.41. The normalized spacial score (nSPS) is 10.8. The summed E-state index contributed by atoms with van der Waals surface area (Å²) in [6.07, 6.45) is 0. The third kappa shape index (κ3) is 4.28. The second-order valence-electron chi connectivity index (χ2n) is 6.66. The Hall–Kier alpha value is -3.28. The van der Waals surface area contributed by atoms with Gasteiger partial charge in [0.25, 0.3) is 11.8 Å². The number of rotatable bonds is 5. The van der Waals surface area contributed by atoms with E-state index in [0.717, 1.165) is 10.9 Å². The van der Waals surface area contributed by atoms with Gasteiger partial charge in [0.15, 0.2) is 6.61 Å². The Kier molecular flexibility index (Phi) is 5.45. The van der Waals surface area contributed by atoms with Crippen LogP contribution in [-0.2, 0) is 11.8 Å². The summed E-state index contributed by atoms with van der Waals surface area (Å²) >= 11 is 0. The number of carbonyl (C=O) groups excluding carboxylic acids is 2. The van der Waals surface area contributed by atoms with Crippen LogP contribution in [0.25, 0.3) is 10.9 Å². The molecular weight excluding hydrogens is 342 g/mol. The number of nitrogens with one attached hydrogen (secondary N) is 2. The van der Waals surface area contributed by atoms with E-state index < -0.39 is 5.91 Å². The lowest BCUT2D eigenvalue weighted by Crippen LogP contribution is -2.44. The lowest BCUT2D eigenvalue weighted by Gasteiger charge is -2.10. The van der Waals surface area contributed by atoms with E-state index in [0.29, 0.717) is 17.4 Å². The maximum Gasteiger partial charge on any atom is 0.286 e. The second-order valence-corrected chi connectivity index (χ2v) is 6.66. The van der Waals surface area contributed by atoms with Crippen LogP contribution in [0, 0.1) is 0 Å². The minimum Gasteiger partial charge on any atom is -0.484 e. The molecular formula is C21H23N3O3. The van der Waals surface area contributed by atoms with Gasteiger partial charge in [0, 0.05) is 18.0 Å². The second kappa shape index (κ2) is 7.95. The first-order chi connectivity index (χ1) is 13.0. The molecule has 0 spiro atoms. The molecule has 140 valence electrons. The van der Waals surface area contributed by atoms with Crippen molar-refractivity contribution in [3.05, 3.63) is 65.9 Å². The predicted octanol–water partition coefficient (Wildman–Crippen LogP) is 3.14. The van der Waals surface area contributed by atoms with Gasteiger partial charge in [-0.15, -0.1) is 0 Å². The Morgan fingerprint density at radius 3 is 2.41 bits per heavy atom. The van der Waals surface area contributed by atoms with Crippen LogP contribution in [0.2, 0.25) is 0 Å². The molecule has 3 aromatic rings. The highest BCUT2D eigenvalue weighted by atomic mass is 16.5. The smallest absolute Gasteiger partial charge is 0.286 e. The van der Waals surface area contributed by atoms with Gasteiger partial charge in [0.05, 0.1) is 0 Å². The highest BCUT2D eigenvalue weighted by molar-refractivity contribution is 5.99. The number of aryl methyl sites for hydroxylation is 1. The van der Waals surface area contributed by atoms with Crippen molar-refractivity contribution in [3.8, 4) is 5.75 Å². The number of hydrazine groups is 1. The van der Waals surface area contributed by atoms with Crippen LogP contribution in [0.4, 0.5) is 0 Å². The molecule has 0 fully saturated rings. The maximum atomic E-state index is 12.3. The first-order valence-electron chi connectivity index (χ1n) is 8.82. The molecule has 27 heavy (non-hydrogen) atoms. The van der Waals surface area contributed by atoms with Crippen molar-refractivity contribution < 1.29 is 14.3 Å². The van der Waals surface area contributed by atoms with Crippen LogP contribution in [0.15, 0.2) is 54.6 Å². The van der Waals surface area contributed by atoms with Crippen LogP contribution in [0.1, 0.15) is 35.8 Å². The molecule has 2 aromatic carbocycles. The number of hydrogen-bond donors (Lipinski definition) is 2. The minimum absolute atomic E-state index is 0.184. The molecule has 1 heterocycles. The maximum absolute atomic E-state index is 12.3. The minimum atomic E-state index is -0.435. The van der Waals surface area contributed by atoms with E-state index in [1.807, 2.05) is 55.6 Å². The van der Waals surface area contributed by atoms with Gasteiger partial charge in [0.2, 0.25) is 0 Å². The van der Waals surface area contributed by atoms with E-state index in [9.17, 15) is 9.59 Å². The van der Waals surface area contributed by atoms with Crippen LogP contribution >= 0.6 is 0 Å². The molecule has 0 aliphatic rings. The molecule has 0 atom stereocenters. The number of fused-ring (bicyclic) bond motifs is 1. The van der Waals surface area contributed by atoms with Gasteiger partial charge in [-0.3, -0.25) is 20.4 Å². The zero-order valence-corrected chi connectivity index (χ0v) is 15.7. The Morgan fingerprint density at radius 2 is 1.74 bits per heavy atom. The molecule has 2 N–H and O–H groups in total. The molecule has 6 heteroatoms. The van der Waals surface area contributed by atoms with E-state index in [1.54, 1.807) is 10.6 Å². The van der Waals surface area contributed by atoms with Crippen molar-refractivity contribution >= 4 is 22.7 Å². The van der Waals surface area contributed by atoms with Gasteiger partial charge in [-0.25, -0.2) is 0 Å². The predicted molar refractivity (Wildman–Crippen MR) is 105 cm³/mol. The number of aromatic nitrogens is 1. The Labute approximate surface area is 158 Å². The molecule has 0 aliphatic heterocycles. The van der Waals surface area contributed by atoms with Gasteiger partial charge in [-0.2, -0.15) is 0 Å². The van der Waals surface area contributed by atoms with E-state index in [1.165, 1.54) is 5.56 Å². The zero-order chi connectivity index (χ0) is 19.4. The lowest BCUT2D eigenvalue weighted by atomic mass is 10.0. The summed E-state index contributed by atoms with van der Waals surface area (Å²) in [6, 6.07) is 17.1. The average molecular weight is 365 g/mol. The largest absolute Gasteiger partial charge is 0.484 e. The van der Waals surface area contributed by atoms with Crippen LogP contribution < -0.4 is 15.6 Å². The summed E-state index contributed by atoms with van der Waals surface area (Å²) in [5.74, 6) is 0.222. The van der Waals surface area contributed by atoms with Gasteiger partial charge < -0.3 is 9.30 Å². The van der Waals surface area contributed by atoms with Crippen molar-refractivity contribution in [1.82, 2.24) is 15.4 Å². The first-order valence-corrected chi connectivity index (χ1v) is 8.82. The zero-order valence-electron chi connectivity index (χ0n) is 15.7. The number of ether oxygens (including phenoxy) is 1. The number of para-hydroxylation sites is 1. The fraction of sp³-hybridized carbons (Fsp3) is 0.238. The molecule has 1 aromatic heterocycles. The Balaban J connectivity index is 1.52. The Morgan fingerprint density at radius 1 is 1.04 bits per heavy atom. The fourth-order valence-corrected chi connectivity index (χ4v) is 2.83. The lowest BCUT2D eigenvalue weighted by molar-refractivity contribution is -0.123. The first kappa shape index (κ1) is 18.5. The van der Waals surface area contributed by atoms with Gasteiger partial charge >= 0.3 is 0 Å². The molecule has 0 bridgehead atoms. The third-order valence-electron chi connectivity index (χ3n) is 4.42. The molecule has 0 unspecified atom stereocenters. The van der Waals surface area contributed by atoms with Gasteiger partial charge in [-0.1, -0.05) is 44.2 Å². The molecule has 0 saturated carbocycles. The van der Waals surface area contributed by atoms with E-state index >= 15 is 0 Å². The average Bonchev–Trinajstić information content (AvgIpc) is 3.02. The highest BCUT2D eigenvalue weighted by Crippen LogP contribution is 2.19. The van der Waals surface area contributed by atoms with Gasteiger partial charge in [0.1, 0.15) is 11.4 Å². The third-order valence-corrected chi connectivity index (χ3v) is 4.42. The standard InChI is InChI=1S/C21H23N3O3/c1-14(2)15-8-10-17(11-9-15)27-13-20(25)22-23-21(26)19-12-16-6-4-5-7-18(16)24(19)3/h4-12,14H,13H2,1-3H3,(H,22,25)(H,23,26). The SMILES string of the molecule is CC(C)c1ccc(OCC(=O)NNC(=O)c2cc3ccccc3n2C)cc1. The topological polar surface area (TPSA) is 72.4 Å². The van der Waals surface area contributed by atoms with Crippen LogP contribution in [-0.4, -0.2) is 23.0 Å². The van der Waals surface area contributed by atoms with E-state index in [2.05, 4.69) is 24.7 Å². The monoisotopic (exact) mass is 365 g/mol. The van der Waals surface area contributed by atoms with Crippen molar-refractivity contribution in [1.29, 1.82) is 0 Å². The summed E-state index contributed by atoms with van der Waals surface area (Å²) < 4.78 is 7.23. The number of hydrogen-bond acceptors (Lipinski definition) is 3. The Bertz CT molecular complexity index is 958. The quantitative estimate of drug-likeness (QED) is 0.682. The summed E-state index contributed by atoms with van der Waals surface area (Å²) in [6.45, 7) is 4.04. The molecule has 0 aliphatic carbocycles. The molecule has 0 saturated heterocycles. The number of amides is 2. The fourth-order valence-electron chi connectivity index (χ4n) is 2.83. The van der Waals surface area contributed by atoms with Crippen molar-refractivity contribution in [3.63, 3.8) is 0 Å². The number of benzene rings is 2. The number of nitrogens with zero attached hydrogens (tertiary/aromatic N) is 1. The van der Waals surface area contributed by atoms with E-state index in [-0.39, 0.29) is 12.5 Å². The van der Waals surface area contributed by atoms with Crippen molar-refractivity contribution in [2.24, 2.45) is 7.05 Å². The number of carbonyl (C=O) groups is 2. The summed E-state index contributed by atoms with van der Waals surface area (Å²) in [5, 5.41) is 0.963. The van der Waals surface area contributed by atoms with Crippen LogP contribution in [0.3, 0.4) is 0 Å². The van der Waals surface area contributed by atoms with Crippen molar-refractivity contribution in [2.45, 2.75) is 19.8 Å². The van der Waals surface area contributed by atoms with Crippen LogP contribution in [0.5, 0.6) is 5.75 Å². The van der Waals surface area contributed by atoms with Gasteiger partial charge in [-0.05, 0) is 35.7 Å². The molecule has 0 radical (unpaired) electrons. The van der Waals surface area contributed by atoms with E-state index in [4.69, 9.17) is 4.74 Å². The molecule has 6 nitrogen and oxygen atoms in total. The van der Waals surface area contributed by atoms with Crippen molar-refractivity contribution in [2.75, 3.05) is 6.61 Å². The summed E-state index contributed by atoms with van der Waals surface area (Å²) in [7, 11) is 1.81. The summed E-state index contributed by atoms with van der Waals surface area (Å²) in [4.78, 5) is 24.3. The molecule has 3 rings (SSSR count).